The molecule has 8 heteroatoms. The molecule has 0 aliphatic carbocycles. The number of nitrogens with zero attached hydrogens (tertiary/aromatic N) is 1. The Bertz CT molecular complexity index is 942. The van der Waals surface area contributed by atoms with Crippen LogP contribution in [0, 0.1) is 6.92 Å². The molecule has 0 heterocycles. The summed E-state index contributed by atoms with van der Waals surface area (Å²) in [6, 6.07) is 11.6. The largest absolute Gasteiger partial charge is 0.495 e. The molecule has 29 heavy (non-hydrogen) atoms. The Morgan fingerprint density at radius 2 is 1.83 bits per heavy atom. The molecule has 1 amide bonds. The first-order valence-corrected chi connectivity index (χ1v) is 11.2. The van der Waals surface area contributed by atoms with Gasteiger partial charge in [-0.1, -0.05) is 18.2 Å². The van der Waals surface area contributed by atoms with E-state index in [2.05, 4.69) is 5.32 Å². The number of methoxy groups -OCH3 is 1. The predicted octanol–water partition coefficient (Wildman–Crippen LogP) is 2.87. The maximum atomic E-state index is 12.7. The molecular weight excluding hydrogens is 392 g/mol. The fourth-order valence-corrected chi connectivity index (χ4v) is 4.13. The van der Waals surface area contributed by atoms with E-state index in [1.54, 1.807) is 19.1 Å². The highest BCUT2D eigenvalue weighted by molar-refractivity contribution is 7.92. The summed E-state index contributed by atoms with van der Waals surface area (Å²) in [5.74, 6) is 0.728. The Labute approximate surface area is 172 Å². The second-order valence-corrected chi connectivity index (χ2v) is 8.56. The van der Waals surface area contributed by atoms with E-state index in [-0.39, 0.29) is 6.54 Å². The molecule has 1 unspecified atom stereocenters. The average molecular weight is 421 g/mol. The molecule has 2 rings (SSSR count). The Kier molecular flexibility index (Phi) is 7.50. The number of carbonyl (C=O) groups excluding carboxylic acids is 1. The summed E-state index contributed by atoms with van der Waals surface area (Å²) in [5, 5.41) is 2.80. The Morgan fingerprint density at radius 1 is 1.17 bits per heavy atom. The number of hydrogen-bond acceptors (Lipinski definition) is 5. The molecule has 0 radical (unpaired) electrons. The van der Waals surface area contributed by atoms with Crippen LogP contribution < -0.4 is 19.1 Å². The number of anilines is 1. The van der Waals surface area contributed by atoms with Gasteiger partial charge in [-0.25, -0.2) is 8.42 Å². The van der Waals surface area contributed by atoms with E-state index in [1.807, 2.05) is 44.2 Å². The summed E-state index contributed by atoms with van der Waals surface area (Å²) in [6.07, 6.45) is 1.07. The standard InChI is InChI=1S/C21H28N2O5S/c1-6-28-18-10-8-17(9-11-18)14-22-21(24)16(3)23(29(5,25)26)19-13-15(2)7-12-20(19)27-4/h7-13,16H,6,14H2,1-5H3,(H,22,24). The van der Waals surface area contributed by atoms with Crippen molar-refractivity contribution in [2.45, 2.75) is 33.4 Å². The molecule has 0 bridgehead atoms. The summed E-state index contributed by atoms with van der Waals surface area (Å²) in [7, 11) is -2.27. The van der Waals surface area contributed by atoms with Crippen molar-refractivity contribution in [1.82, 2.24) is 5.32 Å². The van der Waals surface area contributed by atoms with Crippen LogP contribution in [0.1, 0.15) is 25.0 Å². The number of carbonyl (C=O) groups is 1. The van der Waals surface area contributed by atoms with Gasteiger partial charge in [0.15, 0.2) is 0 Å². The topological polar surface area (TPSA) is 84.9 Å². The monoisotopic (exact) mass is 420 g/mol. The molecule has 7 nitrogen and oxygen atoms in total. The van der Waals surface area contributed by atoms with Gasteiger partial charge in [0.1, 0.15) is 17.5 Å². The van der Waals surface area contributed by atoms with Gasteiger partial charge in [0.25, 0.3) is 0 Å². The smallest absolute Gasteiger partial charge is 0.243 e. The molecule has 0 fully saturated rings. The minimum absolute atomic E-state index is 0.276. The fraction of sp³-hybridized carbons (Fsp3) is 0.381. The number of amides is 1. The number of sulfonamides is 1. The molecule has 0 aliphatic rings. The van der Waals surface area contributed by atoms with Gasteiger partial charge in [0.05, 0.1) is 25.7 Å². The van der Waals surface area contributed by atoms with E-state index in [0.29, 0.717) is 18.0 Å². The van der Waals surface area contributed by atoms with Crippen molar-refractivity contribution in [3.8, 4) is 11.5 Å². The summed E-state index contributed by atoms with van der Waals surface area (Å²) in [4.78, 5) is 12.7. The Balaban J connectivity index is 2.20. The maximum absolute atomic E-state index is 12.7. The highest BCUT2D eigenvalue weighted by Crippen LogP contribution is 2.32. The Morgan fingerprint density at radius 3 is 2.38 bits per heavy atom. The summed E-state index contributed by atoms with van der Waals surface area (Å²) >= 11 is 0. The van der Waals surface area contributed by atoms with Gasteiger partial charge in [-0.3, -0.25) is 9.10 Å². The van der Waals surface area contributed by atoms with Gasteiger partial charge in [-0.2, -0.15) is 0 Å². The SMILES string of the molecule is CCOc1ccc(CNC(=O)C(C)N(c2cc(C)ccc2OC)S(C)(=O)=O)cc1. The molecule has 2 aromatic rings. The van der Waals surface area contributed by atoms with Gasteiger partial charge in [-0.15, -0.1) is 0 Å². The van der Waals surface area contributed by atoms with Crippen LogP contribution in [0.2, 0.25) is 0 Å². The van der Waals surface area contributed by atoms with E-state index >= 15 is 0 Å². The Hall–Kier alpha value is -2.74. The fourth-order valence-electron chi connectivity index (χ4n) is 2.96. The van der Waals surface area contributed by atoms with Crippen molar-refractivity contribution in [2.75, 3.05) is 24.3 Å². The third-order valence-corrected chi connectivity index (χ3v) is 5.59. The zero-order valence-corrected chi connectivity index (χ0v) is 18.2. The van der Waals surface area contributed by atoms with E-state index in [4.69, 9.17) is 9.47 Å². The lowest BCUT2D eigenvalue weighted by molar-refractivity contribution is -0.122. The van der Waals surface area contributed by atoms with E-state index in [1.165, 1.54) is 7.11 Å². The summed E-state index contributed by atoms with van der Waals surface area (Å²) in [6.45, 7) is 6.16. The minimum atomic E-state index is -3.73. The lowest BCUT2D eigenvalue weighted by Gasteiger charge is -2.29. The second-order valence-electron chi connectivity index (χ2n) is 6.70. The van der Waals surface area contributed by atoms with E-state index in [0.717, 1.165) is 27.4 Å². The van der Waals surface area contributed by atoms with Crippen LogP contribution in [0.3, 0.4) is 0 Å². The van der Waals surface area contributed by atoms with Crippen molar-refractivity contribution in [3.63, 3.8) is 0 Å². The van der Waals surface area contributed by atoms with Gasteiger partial charge >= 0.3 is 0 Å². The molecule has 1 N–H and O–H groups in total. The number of aryl methyl sites for hydroxylation is 1. The van der Waals surface area contributed by atoms with E-state index < -0.39 is 22.0 Å². The second kappa shape index (κ2) is 9.65. The van der Waals surface area contributed by atoms with Crippen molar-refractivity contribution in [2.24, 2.45) is 0 Å². The number of ether oxygens (including phenoxy) is 2. The van der Waals surface area contributed by atoms with Crippen molar-refractivity contribution >= 4 is 21.6 Å². The summed E-state index contributed by atoms with van der Waals surface area (Å²) < 4.78 is 36.8. The molecule has 0 saturated heterocycles. The van der Waals surface area contributed by atoms with Crippen molar-refractivity contribution in [3.05, 3.63) is 53.6 Å². The quantitative estimate of drug-likeness (QED) is 0.674. The highest BCUT2D eigenvalue weighted by Gasteiger charge is 2.31. The lowest BCUT2D eigenvalue weighted by atomic mass is 10.1. The molecule has 0 aromatic heterocycles. The number of nitrogens with one attached hydrogen (secondary N) is 1. The molecule has 0 saturated carbocycles. The molecule has 2 aromatic carbocycles. The third kappa shape index (κ3) is 5.87. The van der Waals surface area contributed by atoms with E-state index in [9.17, 15) is 13.2 Å². The van der Waals surface area contributed by atoms with Crippen LogP contribution in [0.15, 0.2) is 42.5 Å². The zero-order chi connectivity index (χ0) is 21.6. The molecule has 1 atom stereocenters. The minimum Gasteiger partial charge on any atom is -0.495 e. The van der Waals surface area contributed by atoms with Crippen LogP contribution in [0.4, 0.5) is 5.69 Å². The number of hydrogen-bond donors (Lipinski definition) is 1. The molecule has 0 aliphatic heterocycles. The third-order valence-electron chi connectivity index (χ3n) is 4.36. The van der Waals surface area contributed by atoms with Gasteiger partial charge in [-0.05, 0) is 56.2 Å². The van der Waals surface area contributed by atoms with Crippen LogP contribution in [-0.2, 0) is 21.4 Å². The average Bonchev–Trinajstić information content (AvgIpc) is 2.66. The first-order chi connectivity index (χ1) is 13.7. The predicted molar refractivity (Wildman–Crippen MR) is 114 cm³/mol. The van der Waals surface area contributed by atoms with Crippen LogP contribution in [-0.4, -0.2) is 40.3 Å². The number of benzene rings is 2. The van der Waals surface area contributed by atoms with Crippen molar-refractivity contribution < 1.29 is 22.7 Å². The maximum Gasteiger partial charge on any atom is 0.243 e. The first-order valence-electron chi connectivity index (χ1n) is 9.30. The first kappa shape index (κ1) is 22.5. The van der Waals surface area contributed by atoms with Crippen molar-refractivity contribution in [1.29, 1.82) is 0 Å². The van der Waals surface area contributed by atoms with Crippen LogP contribution >= 0.6 is 0 Å². The van der Waals surface area contributed by atoms with Gasteiger partial charge in [0.2, 0.25) is 15.9 Å². The van der Waals surface area contributed by atoms with Gasteiger partial charge in [0, 0.05) is 6.54 Å². The number of rotatable bonds is 9. The van der Waals surface area contributed by atoms with Crippen LogP contribution in [0.25, 0.3) is 0 Å². The molecule has 0 spiro atoms. The van der Waals surface area contributed by atoms with Gasteiger partial charge < -0.3 is 14.8 Å². The normalized spacial score (nSPS) is 12.2. The van der Waals surface area contributed by atoms with Crippen LogP contribution in [0.5, 0.6) is 11.5 Å². The highest BCUT2D eigenvalue weighted by atomic mass is 32.2. The molecule has 158 valence electrons. The molecular formula is C21H28N2O5S. The summed E-state index contributed by atoms with van der Waals surface area (Å²) in [5.41, 5.74) is 2.07. The lowest BCUT2D eigenvalue weighted by Crippen LogP contribution is -2.47. The zero-order valence-electron chi connectivity index (χ0n) is 17.4.